The van der Waals surface area contributed by atoms with Crippen LogP contribution < -0.4 is 16.5 Å². The normalized spacial score (nSPS) is 10.9. The van der Waals surface area contributed by atoms with Crippen molar-refractivity contribution in [1.82, 2.24) is 30.2 Å². The molecule has 2 heterocycles. The maximum atomic E-state index is 12.8. The highest BCUT2D eigenvalue weighted by Crippen LogP contribution is 2.16. The Morgan fingerprint density at radius 1 is 0.968 bits per heavy atom. The zero-order valence-electron chi connectivity index (χ0n) is 17.0. The Hall–Kier alpha value is -4.14. The van der Waals surface area contributed by atoms with E-state index in [1.165, 1.54) is 4.57 Å². The van der Waals surface area contributed by atoms with Crippen molar-refractivity contribution >= 4 is 22.8 Å². The van der Waals surface area contributed by atoms with Crippen molar-refractivity contribution < 1.29 is 9.59 Å². The summed E-state index contributed by atoms with van der Waals surface area (Å²) in [7, 11) is 0. The Morgan fingerprint density at radius 3 is 2.35 bits per heavy atom. The molecule has 2 amide bonds. The number of hydrogen-bond donors (Lipinski definition) is 3. The summed E-state index contributed by atoms with van der Waals surface area (Å²) >= 11 is 0. The number of amides is 2. The van der Waals surface area contributed by atoms with Gasteiger partial charge in [0.2, 0.25) is 0 Å². The number of carbonyl (C=O) groups is 2. The van der Waals surface area contributed by atoms with E-state index in [1.54, 1.807) is 16.7 Å². The molecule has 0 aliphatic carbocycles. The lowest BCUT2D eigenvalue weighted by Crippen LogP contribution is -2.44. The molecule has 0 aliphatic heterocycles. The Bertz CT molecular complexity index is 1290. The number of aryl methyl sites for hydroxylation is 1. The first-order valence-corrected chi connectivity index (χ1v) is 9.96. The highest BCUT2D eigenvalue weighted by atomic mass is 16.2. The molecule has 0 fully saturated rings. The number of carbonyl (C=O) groups excluding carboxylic acids is 2. The predicted octanol–water partition coefficient (Wildman–Crippen LogP) is 2.06. The molecule has 0 saturated heterocycles. The van der Waals surface area contributed by atoms with Crippen LogP contribution in [0.3, 0.4) is 0 Å². The van der Waals surface area contributed by atoms with Gasteiger partial charge in [0.1, 0.15) is 12.2 Å². The molecule has 0 spiro atoms. The van der Waals surface area contributed by atoms with Gasteiger partial charge in [-0.3, -0.25) is 34.7 Å². The summed E-state index contributed by atoms with van der Waals surface area (Å²) in [5, 5.41) is 6.78. The van der Waals surface area contributed by atoms with E-state index in [4.69, 9.17) is 0 Å². The molecular formula is C22H22N6O3. The third-order valence-electron chi connectivity index (χ3n) is 4.88. The van der Waals surface area contributed by atoms with Crippen molar-refractivity contribution in [3.8, 4) is 11.3 Å². The maximum Gasteiger partial charge on any atom is 0.329 e. The van der Waals surface area contributed by atoms with E-state index in [1.807, 2.05) is 55.5 Å². The van der Waals surface area contributed by atoms with E-state index in [2.05, 4.69) is 21.0 Å². The first-order chi connectivity index (χ1) is 15.1. The number of para-hydroxylation sites is 2. The summed E-state index contributed by atoms with van der Waals surface area (Å²) in [5.41, 5.74) is 7.58. The van der Waals surface area contributed by atoms with Gasteiger partial charge in [-0.2, -0.15) is 5.10 Å². The lowest BCUT2D eigenvalue weighted by Gasteiger charge is -2.07. The van der Waals surface area contributed by atoms with Crippen LogP contribution in [0.4, 0.5) is 0 Å². The van der Waals surface area contributed by atoms with Gasteiger partial charge in [-0.25, -0.2) is 4.79 Å². The minimum absolute atomic E-state index is 0.205. The molecule has 2 aromatic heterocycles. The van der Waals surface area contributed by atoms with Gasteiger partial charge in [0.05, 0.1) is 16.7 Å². The zero-order chi connectivity index (χ0) is 21.8. The summed E-state index contributed by atoms with van der Waals surface area (Å²) < 4.78 is 3.05. The number of rotatable bonds is 6. The quantitative estimate of drug-likeness (QED) is 0.416. The average molecular weight is 418 g/mol. The minimum atomic E-state index is -0.538. The van der Waals surface area contributed by atoms with Crippen LogP contribution in [-0.2, 0) is 17.9 Å². The van der Waals surface area contributed by atoms with Gasteiger partial charge in [0.25, 0.3) is 11.8 Å². The molecule has 0 unspecified atom stereocenters. The van der Waals surface area contributed by atoms with Crippen molar-refractivity contribution in [2.75, 3.05) is 0 Å². The average Bonchev–Trinajstić information content (AvgIpc) is 3.39. The molecule has 2 aromatic carbocycles. The maximum absolute atomic E-state index is 12.8. The standard InChI is InChI=1S/C22H22N6O3/c1-2-12-27-18-10-6-7-11-19(18)28(22(27)31)14-20(29)25-26-21(30)17-13-16(23-24-17)15-8-4-3-5-9-15/h3-11,13H,2,12,14H2,1H3,(H,23,24)(H,25,29)(H,26,30). The number of hydrazine groups is 1. The molecule has 0 saturated carbocycles. The Kier molecular flexibility index (Phi) is 5.65. The van der Waals surface area contributed by atoms with Crippen molar-refractivity contribution in [1.29, 1.82) is 0 Å². The first kappa shape index (κ1) is 20.1. The second-order valence-corrected chi connectivity index (χ2v) is 7.04. The van der Waals surface area contributed by atoms with Crippen LogP contribution in [-0.4, -0.2) is 31.1 Å². The van der Waals surface area contributed by atoms with E-state index in [0.717, 1.165) is 17.5 Å². The highest BCUT2D eigenvalue weighted by molar-refractivity contribution is 5.94. The number of H-pyrrole nitrogens is 1. The number of nitrogens with one attached hydrogen (secondary N) is 3. The molecule has 0 radical (unpaired) electrons. The number of hydrogen-bond acceptors (Lipinski definition) is 4. The lowest BCUT2D eigenvalue weighted by atomic mass is 10.1. The molecule has 4 rings (SSSR count). The van der Waals surface area contributed by atoms with Crippen LogP contribution in [0.25, 0.3) is 22.3 Å². The van der Waals surface area contributed by atoms with Crippen LogP contribution in [0.2, 0.25) is 0 Å². The minimum Gasteiger partial charge on any atom is -0.292 e. The summed E-state index contributed by atoms with van der Waals surface area (Å²) in [6, 6.07) is 18.3. The van der Waals surface area contributed by atoms with E-state index in [0.29, 0.717) is 17.8 Å². The number of aromatic amines is 1. The van der Waals surface area contributed by atoms with Crippen LogP contribution in [0.15, 0.2) is 65.5 Å². The summed E-state index contributed by atoms with van der Waals surface area (Å²) in [6.07, 6.45) is 0.797. The third kappa shape index (κ3) is 4.11. The molecule has 158 valence electrons. The number of imidazole rings is 1. The molecule has 4 aromatic rings. The molecule has 31 heavy (non-hydrogen) atoms. The van der Waals surface area contributed by atoms with Gasteiger partial charge in [-0.1, -0.05) is 49.4 Å². The molecule has 0 bridgehead atoms. The van der Waals surface area contributed by atoms with Crippen LogP contribution in [0.5, 0.6) is 0 Å². The molecular weight excluding hydrogens is 396 g/mol. The highest BCUT2D eigenvalue weighted by Gasteiger charge is 2.16. The number of aromatic nitrogens is 4. The van der Waals surface area contributed by atoms with Gasteiger partial charge in [0, 0.05) is 12.1 Å². The Balaban J connectivity index is 1.43. The van der Waals surface area contributed by atoms with Crippen LogP contribution in [0, 0.1) is 0 Å². The third-order valence-corrected chi connectivity index (χ3v) is 4.88. The van der Waals surface area contributed by atoms with Crippen molar-refractivity contribution in [2.45, 2.75) is 26.4 Å². The van der Waals surface area contributed by atoms with Gasteiger partial charge >= 0.3 is 5.69 Å². The Morgan fingerprint density at radius 2 is 1.65 bits per heavy atom. The predicted molar refractivity (Wildman–Crippen MR) is 116 cm³/mol. The van der Waals surface area contributed by atoms with Gasteiger partial charge in [-0.15, -0.1) is 0 Å². The smallest absolute Gasteiger partial charge is 0.292 e. The first-order valence-electron chi connectivity index (χ1n) is 9.96. The second-order valence-electron chi connectivity index (χ2n) is 7.04. The molecule has 9 heteroatoms. The second kappa shape index (κ2) is 8.70. The molecule has 0 aliphatic rings. The van der Waals surface area contributed by atoms with E-state index in [9.17, 15) is 14.4 Å². The number of nitrogens with zero attached hydrogens (tertiary/aromatic N) is 3. The largest absolute Gasteiger partial charge is 0.329 e. The monoisotopic (exact) mass is 418 g/mol. The topological polar surface area (TPSA) is 114 Å². The van der Waals surface area contributed by atoms with Gasteiger partial charge < -0.3 is 0 Å². The van der Waals surface area contributed by atoms with Crippen LogP contribution >= 0.6 is 0 Å². The van der Waals surface area contributed by atoms with Crippen molar-refractivity contribution in [3.63, 3.8) is 0 Å². The summed E-state index contributed by atoms with van der Waals surface area (Å²) in [4.78, 5) is 37.5. The van der Waals surface area contributed by atoms with Crippen molar-refractivity contribution in [3.05, 3.63) is 76.8 Å². The Labute approximate surface area is 177 Å². The van der Waals surface area contributed by atoms with E-state index in [-0.39, 0.29) is 17.9 Å². The lowest BCUT2D eigenvalue weighted by molar-refractivity contribution is -0.122. The van der Waals surface area contributed by atoms with Gasteiger partial charge in [-0.05, 0) is 24.6 Å². The fourth-order valence-corrected chi connectivity index (χ4v) is 3.44. The van der Waals surface area contributed by atoms with E-state index < -0.39 is 11.8 Å². The summed E-state index contributed by atoms with van der Waals surface area (Å²) in [5.74, 6) is -1.05. The molecule has 0 atom stereocenters. The summed E-state index contributed by atoms with van der Waals surface area (Å²) in [6.45, 7) is 2.34. The molecule has 9 nitrogen and oxygen atoms in total. The fraction of sp³-hybridized carbons (Fsp3) is 0.182. The van der Waals surface area contributed by atoms with Crippen LogP contribution in [0.1, 0.15) is 23.8 Å². The SMILES string of the molecule is CCCn1c(=O)n(CC(=O)NNC(=O)c2cc(-c3ccccc3)n[nH]2)c2ccccc21. The zero-order valence-corrected chi connectivity index (χ0v) is 17.0. The van der Waals surface area contributed by atoms with Gasteiger partial charge in [0.15, 0.2) is 0 Å². The van der Waals surface area contributed by atoms with E-state index >= 15 is 0 Å². The fourth-order valence-electron chi connectivity index (χ4n) is 3.44. The number of fused-ring (bicyclic) bond motifs is 1. The molecule has 3 N–H and O–H groups in total. The van der Waals surface area contributed by atoms with Crippen molar-refractivity contribution in [2.24, 2.45) is 0 Å². The number of benzene rings is 2.